The van der Waals surface area contributed by atoms with Gasteiger partial charge in [0.15, 0.2) is 0 Å². The fourth-order valence-corrected chi connectivity index (χ4v) is 1.85. The molecule has 1 heterocycles. The van der Waals surface area contributed by atoms with Gasteiger partial charge in [-0.15, -0.1) is 0 Å². The summed E-state index contributed by atoms with van der Waals surface area (Å²) in [4.78, 5) is 4.12. The monoisotopic (exact) mass is 243 g/mol. The van der Waals surface area contributed by atoms with Gasteiger partial charge < -0.3 is 9.47 Å². The van der Waals surface area contributed by atoms with Gasteiger partial charge >= 0.3 is 0 Å². The maximum Gasteiger partial charge on any atom is 0.122 e. The summed E-state index contributed by atoms with van der Waals surface area (Å²) in [6.07, 6.45) is 5.60. The van der Waals surface area contributed by atoms with Crippen molar-refractivity contribution >= 4 is 0 Å². The van der Waals surface area contributed by atoms with Crippen LogP contribution in [0.25, 0.3) is 0 Å². The third-order valence-electron chi connectivity index (χ3n) is 2.84. The van der Waals surface area contributed by atoms with E-state index in [1.165, 1.54) is 11.1 Å². The van der Waals surface area contributed by atoms with Crippen molar-refractivity contribution in [2.45, 2.75) is 12.8 Å². The molecule has 94 valence electrons. The smallest absolute Gasteiger partial charge is 0.122 e. The van der Waals surface area contributed by atoms with Gasteiger partial charge in [-0.3, -0.25) is 4.98 Å². The second-order valence-electron chi connectivity index (χ2n) is 4.08. The molecule has 0 saturated carbocycles. The van der Waals surface area contributed by atoms with Crippen LogP contribution in [0.2, 0.25) is 0 Å². The Labute approximate surface area is 107 Å². The van der Waals surface area contributed by atoms with E-state index in [-0.39, 0.29) is 0 Å². The van der Waals surface area contributed by atoms with E-state index in [1.54, 1.807) is 20.4 Å². The number of rotatable bonds is 5. The van der Waals surface area contributed by atoms with Crippen molar-refractivity contribution < 1.29 is 9.47 Å². The summed E-state index contributed by atoms with van der Waals surface area (Å²) >= 11 is 0. The summed E-state index contributed by atoms with van der Waals surface area (Å²) in [5, 5.41) is 0. The first-order valence-electron chi connectivity index (χ1n) is 5.92. The summed E-state index contributed by atoms with van der Waals surface area (Å²) in [5.41, 5.74) is 2.44. The van der Waals surface area contributed by atoms with Gasteiger partial charge in [0.05, 0.1) is 14.2 Å². The minimum absolute atomic E-state index is 0.829. The third-order valence-corrected chi connectivity index (χ3v) is 2.84. The number of hydrogen-bond acceptors (Lipinski definition) is 3. The summed E-state index contributed by atoms with van der Waals surface area (Å²) < 4.78 is 10.5. The van der Waals surface area contributed by atoms with E-state index in [9.17, 15) is 0 Å². The Kier molecular flexibility index (Phi) is 4.18. The molecule has 0 fully saturated rings. The van der Waals surface area contributed by atoms with Crippen LogP contribution < -0.4 is 9.47 Å². The second kappa shape index (κ2) is 6.05. The molecule has 0 unspecified atom stereocenters. The van der Waals surface area contributed by atoms with Crippen molar-refractivity contribution in [2.75, 3.05) is 14.2 Å². The van der Waals surface area contributed by atoms with Gasteiger partial charge in [-0.1, -0.05) is 6.07 Å². The topological polar surface area (TPSA) is 31.4 Å². The molecule has 3 heteroatoms. The van der Waals surface area contributed by atoms with E-state index in [0.717, 1.165) is 24.3 Å². The number of aryl methyl sites for hydroxylation is 2. The second-order valence-corrected chi connectivity index (χ2v) is 4.08. The lowest BCUT2D eigenvalue weighted by Crippen LogP contribution is -1.94. The van der Waals surface area contributed by atoms with Crippen LogP contribution in [-0.4, -0.2) is 19.2 Å². The zero-order valence-corrected chi connectivity index (χ0v) is 10.7. The van der Waals surface area contributed by atoms with Gasteiger partial charge in [-0.25, -0.2) is 0 Å². The Morgan fingerprint density at radius 2 is 1.61 bits per heavy atom. The molecular weight excluding hydrogens is 226 g/mol. The number of pyridine rings is 1. The van der Waals surface area contributed by atoms with Gasteiger partial charge in [0.2, 0.25) is 0 Å². The number of ether oxygens (including phenoxy) is 2. The van der Waals surface area contributed by atoms with Gasteiger partial charge in [0, 0.05) is 18.5 Å². The standard InChI is InChI=1S/C15H17NO2/c1-17-14-8-13(9-15(10-14)18-2)6-5-12-4-3-7-16-11-12/h3-4,7-11H,5-6H2,1-2H3. The van der Waals surface area contributed by atoms with Crippen LogP contribution in [-0.2, 0) is 12.8 Å². The Bertz CT molecular complexity index is 475. The van der Waals surface area contributed by atoms with Crippen LogP contribution in [0.15, 0.2) is 42.7 Å². The van der Waals surface area contributed by atoms with Crippen LogP contribution >= 0.6 is 0 Å². The average Bonchev–Trinajstić information content (AvgIpc) is 2.45. The van der Waals surface area contributed by atoms with Crippen molar-refractivity contribution in [3.05, 3.63) is 53.9 Å². The first-order valence-corrected chi connectivity index (χ1v) is 5.92. The Morgan fingerprint density at radius 3 is 2.17 bits per heavy atom. The van der Waals surface area contributed by atoms with Gasteiger partial charge in [-0.05, 0) is 42.2 Å². The molecule has 3 nitrogen and oxygen atoms in total. The van der Waals surface area contributed by atoms with Crippen LogP contribution in [0.3, 0.4) is 0 Å². The number of aromatic nitrogens is 1. The molecule has 0 radical (unpaired) electrons. The van der Waals surface area contributed by atoms with E-state index in [1.807, 2.05) is 30.5 Å². The molecule has 2 rings (SSSR count). The van der Waals surface area contributed by atoms with Gasteiger partial charge in [-0.2, -0.15) is 0 Å². The fourth-order valence-electron chi connectivity index (χ4n) is 1.85. The van der Waals surface area contributed by atoms with E-state index >= 15 is 0 Å². The summed E-state index contributed by atoms with van der Waals surface area (Å²) in [6.45, 7) is 0. The lowest BCUT2D eigenvalue weighted by atomic mass is 10.1. The first-order chi connectivity index (χ1) is 8.81. The van der Waals surface area contributed by atoms with Gasteiger partial charge in [0.1, 0.15) is 11.5 Å². The highest BCUT2D eigenvalue weighted by Crippen LogP contribution is 2.23. The minimum Gasteiger partial charge on any atom is -0.497 e. The average molecular weight is 243 g/mol. The molecule has 1 aromatic carbocycles. The zero-order valence-electron chi connectivity index (χ0n) is 10.7. The van der Waals surface area contributed by atoms with Gasteiger partial charge in [0.25, 0.3) is 0 Å². The third kappa shape index (κ3) is 3.23. The predicted octanol–water partition coefficient (Wildman–Crippen LogP) is 2.88. The Hall–Kier alpha value is -2.03. The lowest BCUT2D eigenvalue weighted by Gasteiger charge is -2.08. The molecule has 1 aromatic heterocycles. The van der Waals surface area contributed by atoms with Crippen molar-refractivity contribution in [3.63, 3.8) is 0 Å². The molecule has 0 spiro atoms. The number of benzene rings is 1. The molecule has 0 aliphatic heterocycles. The zero-order chi connectivity index (χ0) is 12.8. The van der Waals surface area contributed by atoms with E-state index in [4.69, 9.17) is 9.47 Å². The van der Waals surface area contributed by atoms with Crippen molar-refractivity contribution in [3.8, 4) is 11.5 Å². The van der Waals surface area contributed by atoms with Crippen molar-refractivity contribution in [1.82, 2.24) is 4.98 Å². The Balaban J connectivity index is 2.09. The molecule has 0 amide bonds. The highest BCUT2D eigenvalue weighted by Gasteiger charge is 2.02. The molecule has 0 aliphatic rings. The Morgan fingerprint density at radius 1 is 0.944 bits per heavy atom. The predicted molar refractivity (Wildman–Crippen MR) is 71.2 cm³/mol. The van der Waals surface area contributed by atoms with E-state index in [2.05, 4.69) is 11.1 Å². The molecule has 0 aliphatic carbocycles. The molecule has 18 heavy (non-hydrogen) atoms. The summed E-state index contributed by atoms with van der Waals surface area (Å²) in [6, 6.07) is 10.0. The van der Waals surface area contributed by atoms with E-state index in [0.29, 0.717) is 0 Å². The van der Waals surface area contributed by atoms with Crippen LogP contribution in [0, 0.1) is 0 Å². The van der Waals surface area contributed by atoms with Crippen LogP contribution in [0.1, 0.15) is 11.1 Å². The number of nitrogens with zero attached hydrogens (tertiary/aromatic N) is 1. The van der Waals surface area contributed by atoms with Crippen molar-refractivity contribution in [1.29, 1.82) is 0 Å². The van der Waals surface area contributed by atoms with Crippen molar-refractivity contribution in [2.24, 2.45) is 0 Å². The maximum atomic E-state index is 5.26. The molecule has 0 saturated heterocycles. The van der Waals surface area contributed by atoms with Crippen LogP contribution in [0.4, 0.5) is 0 Å². The maximum absolute atomic E-state index is 5.26. The molecule has 0 atom stereocenters. The molecule has 2 aromatic rings. The van der Waals surface area contributed by atoms with E-state index < -0.39 is 0 Å². The van der Waals surface area contributed by atoms with Crippen LogP contribution in [0.5, 0.6) is 11.5 Å². The highest BCUT2D eigenvalue weighted by molar-refractivity contribution is 5.38. The number of methoxy groups -OCH3 is 2. The normalized spacial score (nSPS) is 10.1. The summed E-state index contributed by atoms with van der Waals surface area (Å²) in [7, 11) is 3.33. The highest BCUT2D eigenvalue weighted by atomic mass is 16.5. The largest absolute Gasteiger partial charge is 0.497 e. The lowest BCUT2D eigenvalue weighted by molar-refractivity contribution is 0.393. The summed E-state index contributed by atoms with van der Waals surface area (Å²) in [5.74, 6) is 1.66. The molecule has 0 bridgehead atoms. The SMILES string of the molecule is COc1cc(CCc2cccnc2)cc(OC)c1. The number of hydrogen-bond donors (Lipinski definition) is 0. The fraction of sp³-hybridized carbons (Fsp3) is 0.267. The quantitative estimate of drug-likeness (QED) is 0.809. The minimum atomic E-state index is 0.829. The first kappa shape index (κ1) is 12.4. The molecular formula is C15H17NO2. The molecule has 0 N–H and O–H groups in total.